The third-order valence-electron chi connectivity index (χ3n) is 2.19. The highest BCUT2D eigenvalue weighted by atomic mass is 79.9. The average Bonchev–Trinajstić information content (AvgIpc) is 2.72. The number of hydrogen-bond acceptors (Lipinski definition) is 4. The second-order valence-electron chi connectivity index (χ2n) is 3.52. The van der Waals surface area contributed by atoms with Crippen LogP contribution in [0.5, 0.6) is 0 Å². The predicted octanol–water partition coefficient (Wildman–Crippen LogP) is 4.10. The van der Waals surface area contributed by atoms with Gasteiger partial charge in [-0.2, -0.15) is 0 Å². The largest absolute Gasteiger partial charge is 0.456 e. The Morgan fingerprint density at radius 2 is 2.17 bits per heavy atom. The van der Waals surface area contributed by atoms with E-state index in [0.717, 1.165) is 8.66 Å². The molecule has 1 aromatic heterocycles. The van der Waals surface area contributed by atoms with Crippen LogP contribution in [0.1, 0.15) is 15.2 Å². The lowest BCUT2D eigenvalue weighted by Crippen LogP contribution is -2.05. The highest BCUT2D eigenvalue weighted by Crippen LogP contribution is 2.24. The van der Waals surface area contributed by atoms with Gasteiger partial charge in [-0.3, -0.25) is 0 Å². The number of anilines is 1. The smallest absolute Gasteiger partial charge is 0.340 e. The monoisotopic (exact) mass is 345 g/mol. The van der Waals surface area contributed by atoms with Crippen molar-refractivity contribution in [2.45, 2.75) is 6.61 Å². The first kappa shape index (κ1) is 13.4. The van der Waals surface area contributed by atoms with E-state index in [4.69, 9.17) is 22.1 Å². The molecule has 2 N–H and O–H groups in total. The molecule has 0 atom stereocenters. The van der Waals surface area contributed by atoms with Crippen molar-refractivity contribution >= 4 is 50.5 Å². The molecular weight excluding hydrogens is 338 g/mol. The molecule has 0 saturated carbocycles. The number of nitrogens with two attached hydrogens (primary N) is 1. The lowest BCUT2D eigenvalue weighted by atomic mass is 10.2. The number of thiophene rings is 1. The summed E-state index contributed by atoms with van der Waals surface area (Å²) in [7, 11) is 0. The lowest BCUT2D eigenvalue weighted by molar-refractivity contribution is 0.0477. The number of esters is 1. The molecule has 3 nitrogen and oxygen atoms in total. The zero-order valence-electron chi connectivity index (χ0n) is 9.15. The van der Waals surface area contributed by atoms with Gasteiger partial charge in [0.15, 0.2) is 0 Å². The van der Waals surface area contributed by atoms with Crippen LogP contribution in [0.3, 0.4) is 0 Å². The van der Waals surface area contributed by atoms with E-state index in [-0.39, 0.29) is 6.61 Å². The van der Waals surface area contributed by atoms with Gasteiger partial charge < -0.3 is 10.5 Å². The van der Waals surface area contributed by atoms with Gasteiger partial charge in [-0.1, -0.05) is 11.6 Å². The summed E-state index contributed by atoms with van der Waals surface area (Å²) in [5.74, 6) is -0.454. The normalized spacial score (nSPS) is 10.3. The van der Waals surface area contributed by atoms with Crippen LogP contribution < -0.4 is 5.73 Å². The minimum Gasteiger partial charge on any atom is -0.456 e. The number of nitrogen functional groups attached to an aromatic ring is 1. The number of carbonyl (C=O) groups excluding carboxylic acids is 1. The van der Waals surface area contributed by atoms with Crippen LogP contribution in [-0.4, -0.2) is 5.97 Å². The van der Waals surface area contributed by atoms with Crippen molar-refractivity contribution in [3.05, 3.63) is 49.6 Å². The highest BCUT2D eigenvalue weighted by molar-refractivity contribution is 9.11. The van der Waals surface area contributed by atoms with E-state index in [2.05, 4.69) is 15.9 Å². The maximum atomic E-state index is 11.8. The summed E-state index contributed by atoms with van der Waals surface area (Å²) in [4.78, 5) is 12.8. The zero-order valence-corrected chi connectivity index (χ0v) is 12.3. The molecule has 0 spiro atoms. The molecule has 0 aliphatic carbocycles. The van der Waals surface area contributed by atoms with Crippen molar-refractivity contribution in [2.75, 3.05) is 5.73 Å². The summed E-state index contributed by atoms with van der Waals surface area (Å²) < 4.78 is 6.17. The molecule has 0 amide bonds. The van der Waals surface area contributed by atoms with E-state index in [1.54, 1.807) is 12.1 Å². The predicted molar refractivity (Wildman–Crippen MR) is 77.0 cm³/mol. The SMILES string of the molecule is Nc1ccc(C(=O)OCc2ccc(Br)s2)c(Cl)c1. The van der Waals surface area contributed by atoms with Crippen molar-refractivity contribution in [1.82, 2.24) is 0 Å². The molecule has 0 saturated heterocycles. The Hall–Kier alpha value is -1.04. The molecule has 0 radical (unpaired) electrons. The van der Waals surface area contributed by atoms with Crippen LogP contribution in [0.15, 0.2) is 34.1 Å². The quantitative estimate of drug-likeness (QED) is 0.672. The minimum absolute atomic E-state index is 0.232. The van der Waals surface area contributed by atoms with Crippen LogP contribution in [-0.2, 0) is 11.3 Å². The summed E-state index contributed by atoms with van der Waals surface area (Å²) >= 11 is 10.8. The molecule has 2 aromatic rings. The fourth-order valence-corrected chi connectivity index (χ4v) is 3.00. The molecule has 0 unspecified atom stereocenters. The van der Waals surface area contributed by atoms with Gasteiger partial charge in [-0.15, -0.1) is 11.3 Å². The molecular formula is C12H9BrClNO2S. The van der Waals surface area contributed by atoms with Gasteiger partial charge in [0.1, 0.15) is 6.61 Å². The standard InChI is InChI=1S/C12H9BrClNO2S/c13-11-4-2-8(18-11)6-17-12(16)9-3-1-7(15)5-10(9)14/h1-5H,6,15H2. The molecule has 2 rings (SSSR count). The van der Waals surface area contributed by atoms with Gasteiger partial charge >= 0.3 is 5.97 Å². The van der Waals surface area contributed by atoms with Crippen LogP contribution in [0.25, 0.3) is 0 Å². The Labute approximate surface area is 122 Å². The second kappa shape index (κ2) is 5.73. The van der Waals surface area contributed by atoms with Crippen LogP contribution in [0.2, 0.25) is 5.02 Å². The number of hydrogen-bond donors (Lipinski definition) is 1. The van der Waals surface area contributed by atoms with Crippen LogP contribution >= 0.6 is 38.9 Å². The fourth-order valence-electron chi connectivity index (χ4n) is 1.34. The number of carbonyl (C=O) groups is 1. The van der Waals surface area contributed by atoms with E-state index >= 15 is 0 Å². The van der Waals surface area contributed by atoms with Gasteiger partial charge in [-0.25, -0.2) is 4.79 Å². The highest BCUT2D eigenvalue weighted by Gasteiger charge is 2.12. The number of rotatable bonds is 3. The Morgan fingerprint density at radius 1 is 1.39 bits per heavy atom. The zero-order chi connectivity index (χ0) is 13.1. The van der Waals surface area contributed by atoms with E-state index in [0.29, 0.717) is 16.3 Å². The van der Waals surface area contributed by atoms with Crippen molar-refractivity contribution in [3.8, 4) is 0 Å². The molecule has 6 heteroatoms. The second-order valence-corrected chi connectivity index (χ2v) is 6.48. The fraction of sp³-hybridized carbons (Fsp3) is 0.0833. The summed E-state index contributed by atoms with van der Waals surface area (Å²) in [6, 6.07) is 8.51. The molecule has 0 fully saturated rings. The van der Waals surface area contributed by atoms with Crippen LogP contribution in [0, 0.1) is 0 Å². The number of halogens is 2. The molecule has 0 bridgehead atoms. The first-order valence-electron chi connectivity index (χ1n) is 5.02. The molecule has 1 heterocycles. The topological polar surface area (TPSA) is 52.3 Å². The molecule has 0 aliphatic rings. The maximum absolute atomic E-state index is 11.8. The Morgan fingerprint density at radius 3 is 2.78 bits per heavy atom. The Bertz CT molecular complexity index is 585. The van der Waals surface area contributed by atoms with Gasteiger partial charge in [-0.05, 0) is 46.3 Å². The first-order valence-corrected chi connectivity index (χ1v) is 7.01. The molecule has 1 aromatic carbocycles. The minimum atomic E-state index is -0.454. The summed E-state index contributed by atoms with van der Waals surface area (Å²) in [5.41, 5.74) is 6.39. The van der Waals surface area contributed by atoms with E-state index in [9.17, 15) is 4.79 Å². The molecule has 0 aliphatic heterocycles. The number of benzene rings is 1. The van der Waals surface area contributed by atoms with Gasteiger partial charge in [0, 0.05) is 10.6 Å². The van der Waals surface area contributed by atoms with E-state index in [1.165, 1.54) is 17.4 Å². The average molecular weight is 347 g/mol. The number of ether oxygens (including phenoxy) is 1. The van der Waals surface area contributed by atoms with E-state index < -0.39 is 5.97 Å². The van der Waals surface area contributed by atoms with Crippen molar-refractivity contribution in [3.63, 3.8) is 0 Å². The molecule has 18 heavy (non-hydrogen) atoms. The van der Waals surface area contributed by atoms with Gasteiger partial charge in [0.25, 0.3) is 0 Å². The third kappa shape index (κ3) is 3.25. The van der Waals surface area contributed by atoms with Gasteiger partial charge in [0.2, 0.25) is 0 Å². The first-order chi connectivity index (χ1) is 8.56. The van der Waals surface area contributed by atoms with Crippen molar-refractivity contribution < 1.29 is 9.53 Å². The van der Waals surface area contributed by atoms with Crippen LogP contribution in [0.4, 0.5) is 5.69 Å². The lowest BCUT2D eigenvalue weighted by Gasteiger charge is -2.05. The maximum Gasteiger partial charge on any atom is 0.340 e. The summed E-state index contributed by atoms with van der Waals surface area (Å²) in [6.45, 7) is 0.232. The van der Waals surface area contributed by atoms with Crippen molar-refractivity contribution in [1.29, 1.82) is 0 Å². The van der Waals surface area contributed by atoms with E-state index in [1.807, 2.05) is 12.1 Å². The summed E-state index contributed by atoms with van der Waals surface area (Å²) in [6.07, 6.45) is 0. The van der Waals surface area contributed by atoms with Gasteiger partial charge in [0.05, 0.1) is 14.4 Å². The van der Waals surface area contributed by atoms with Crippen molar-refractivity contribution in [2.24, 2.45) is 0 Å². The third-order valence-corrected chi connectivity index (χ3v) is 4.10. The Balaban J connectivity index is 2.03. The summed E-state index contributed by atoms with van der Waals surface area (Å²) in [5, 5.41) is 0.298. The Kier molecular flexibility index (Phi) is 4.27. The molecule has 94 valence electrons.